The summed E-state index contributed by atoms with van der Waals surface area (Å²) in [5.74, 6) is -0.755. The zero-order valence-corrected chi connectivity index (χ0v) is 17.4. The van der Waals surface area contributed by atoms with Gasteiger partial charge in [0, 0.05) is 19.2 Å². The molecule has 0 saturated carbocycles. The highest BCUT2D eigenvalue weighted by Crippen LogP contribution is 2.42. The lowest BCUT2D eigenvalue weighted by Gasteiger charge is -2.24. The van der Waals surface area contributed by atoms with Crippen LogP contribution in [0.3, 0.4) is 0 Å². The van der Waals surface area contributed by atoms with Crippen molar-refractivity contribution >= 4 is 5.97 Å². The van der Waals surface area contributed by atoms with Gasteiger partial charge >= 0.3 is 11.7 Å². The monoisotopic (exact) mass is 432 g/mol. The largest absolute Gasteiger partial charge is 0.427 e. The molecule has 2 aliphatic heterocycles. The van der Waals surface area contributed by atoms with Gasteiger partial charge in [-0.05, 0) is 31.5 Å². The lowest BCUT2D eigenvalue weighted by molar-refractivity contribution is -0.203. The van der Waals surface area contributed by atoms with Crippen LogP contribution in [0.25, 0.3) is 0 Å². The Morgan fingerprint density at radius 3 is 2.52 bits per heavy atom. The number of benzene rings is 1. The van der Waals surface area contributed by atoms with Crippen LogP contribution in [0.15, 0.2) is 46.1 Å². The third kappa shape index (κ3) is 4.77. The van der Waals surface area contributed by atoms with Crippen LogP contribution in [0.2, 0.25) is 0 Å². The Morgan fingerprint density at radius 2 is 1.84 bits per heavy atom. The number of ether oxygens (including phenoxy) is 5. The maximum Gasteiger partial charge on any atom is 0.330 e. The van der Waals surface area contributed by atoms with Crippen molar-refractivity contribution in [2.75, 3.05) is 6.61 Å². The third-order valence-electron chi connectivity index (χ3n) is 4.99. The van der Waals surface area contributed by atoms with E-state index in [0.717, 1.165) is 5.56 Å². The van der Waals surface area contributed by atoms with Crippen LogP contribution < -0.4 is 16.0 Å². The number of H-pyrrole nitrogens is 1. The molecule has 2 saturated heterocycles. The maximum atomic E-state index is 12.2. The molecule has 1 aromatic carbocycles. The van der Waals surface area contributed by atoms with E-state index >= 15 is 0 Å². The summed E-state index contributed by atoms with van der Waals surface area (Å²) in [6.45, 7) is 5.45. The average molecular weight is 432 g/mol. The Balaban J connectivity index is 1.43. The highest BCUT2D eigenvalue weighted by Gasteiger charge is 2.56. The van der Waals surface area contributed by atoms with Gasteiger partial charge in [-0.25, -0.2) is 4.79 Å². The van der Waals surface area contributed by atoms with Crippen LogP contribution in [0.1, 0.15) is 32.6 Å². The fourth-order valence-electron chi connectivity index (χ4n) is 3.76. The minimum Gasteiger partial charge on any atom is -0.427 e. The summed E-state index contributed by atoms with van der Waals surface area (Å²) in [7, 11) is 0. The average Bonchev–Trinajstić information content (AvgIpc) is 3.16. The minimum atomic E-state index is -0.839. The minimum absolute atomic E-state index is 0.209. The Hall–Kier alpha value is -2.79. The van der Waals surface area contributed by atoms with Gasteiger partial charge in [-0.2, -0.15) is 0 Å². The molecule has 0 radical (unpaired) electrons. The lowest BCUT2D eigenvalue weighted by atomic mass is 10.1. The van der Waals surface area contributed by atoms with E-state index in [0.29, 0.717) is 12.4 Å². The van der Waals surface area contributed by atoms with E-state index in [1.165, 1.54) is 23.8 Å². The van der Waals surface area contributed by atoms with Crippen molar-refractivity contribution in [2.45, 2.75) is 57.7 Å². The van der Waals surface area contributed by atoms with Crippen molar-refractivity contribution in [3.63, 3.8) is 0 Å². The molecule has 3 heterocycles. The van der Waals surface area contributed by atoms with Crippen LogP contribution in [0, 0.1) is 0 Å². The van der Waals surface area contributed by atoms with Crippen LogP contribution in [0.4, 0.5) is 0 Å². The number of rotatable bonds is 6. The first-order valence-corrected chi connectivity index (χ1v) is 9.89. The number of carbonyl (C=O) groups excluding carboxylic acids is 1. The van der Waals surface area contributed by atoms with Crippen molar-refractivity contribution in [1.29, 1.82) is 0 Å². The van der Waals surface area contributed by atoms with Crippen LogP contribution in [-0.2, 0) is 30.3 Å². The van der Waals surface area contributed by atoms with Gasteiger partial charge in [0.05, 0.1) is 13.2 Å². The van der Waals surface area contributed by atoms with E-state index in [-0.39, 0.29) is 12.6 Å². The second-order valence-corrected chi connectivity index (χ2v) is 7.90. The van der Waals surface area contributed by atoms with Crippen molar-refractivity contribution in [3.8, 4) is 5.75 Å². The molecule has 10 nitrogen and oxygen atoms in total. The summed E-state index contributed by atoms with van der Waals surface area (Å²) in [5, 5.41) is 0. The van der Waals surface area contributed by atoms with Crippen LogP contribution in [0.5, 0.6) is 5.75 Å². The zero-order valence-electron chi connectivity index (χ0n) is 17.4. The summed E-state index contributed by atoms with van der Waals surface area (Å²) in [6.07, 6.45) is -0.824. The third-order valence-corrected chi connectivity index (χ3v) is 4.99. The maximum absolute atomic E-state index is 12.2. The lowest BCUT2D eigenvalue weighted by Crippen LogP contribution is -2.37. The second-order valence-electron chi connectivity index (χ2n) is 7.90. The summed E-state index contributed by atoms with van der Waals surface area (Å²) in [6, 6.07) is 8.24. The number of fused-ring (bicyclic) bond motifs is 1. The Kier molecular flexibility index (Phi) is 5.80. The van der Waals surface area contributed by atoms with Crippen molar-refractivity contribution in [2.24, 2.45) is 0 Å². The normalized spacial score (nSPS) is 26.5. The van der Waals surface area contributed by atoms with Gasteiger partial charge in [0.1, 0.15) is 24.1 Å². The number of hydrogen-bond donors (Lipinski definition) is 1. The van der Waals surface area contributed by atoms with E-state index in [1.807, 2.05) is 0 Å². The molecule has 0 aliphatic carbocycles. The second kappa shape index (κ2) is 8.39. The van der Waals surface area contributed by atoms with Gasteiger partial charge in [0.15, 0.2) is 12.0 Å². The van der Waals surface area contributed by atoms with E-state index in [4.69, 9.17) is 23.7 Å². The van der Waals surface area contributed by atoms with Crippen LogP contribution >= 0.6 is 0 Å². The van der Waals surface area contributed by atoms with E-state index in [2.05, 4.69) is 4.98 Å². The number of nitrogens with one attached hydrogen (secondary N) is 1. The first-order valence-electron chi connectivity index (χ1n) is 9.89. The summed E-state index contributed by atoms with van der Waals surface area (Å²) >= 11 is 0. The number of carbonyl (C=O) groups is 1. The number of aromatic nitrogens is 2. The van der Waals surface area contributed by atoms with Gasteiger partial charge in [0.2, 0.25) is 0 Å². The Bertz CT molecular complexity index is 1060. The molecule has 1 aromatic heterocycles. The molecule has 2 fully saturated rings. The quantitative estimate of drug-likeness (QED) is 0.533. The van der Waals surface area contributed by atoms with Gasteiger partial charge in [-0.15, -0.1) is 0 Å². The summed E-state index contributed by atoms with van der Waals surface area (Å²) in [5.41, 5.74) is -0.180. The molecule has 2 aliphatic rings. The standard InChI is InChI=1S/C21H24N2O8/c1-12(24)28-14-6-4-13(5-7-14)10-27-11-15-17-18(31-21(2,3)30-17)19(29-15)23-9-8-16(25)22-20(23)26/h4-9,15,17-19H,10-11H2,1-3H3,(H,22,25,26)/t15-,17-,18-,19-/m1/s1. The molecule has 0 bridgehead atoms. The van der Waals surface area contributed by atoms with E-state index in [1.54, 1.807) is 38.1 Å². The molecular formula is C21H24N2O8. The number of esters is 1. The number of nitrogens with zero attached hydrogens (tertiary/aromatic N) is 1. The molecule has 0 spiro atoms. The van der Waals surface area contributed by atoms with Gasteiger partial charge in [-0.3, -0.25) is 19.1 Å². The number of aromatic amines is 1. The SMILES string of the molecule is CC(=O)Oc1ccc(COC[C@H]2O[C@@H](n3ccc(=O)[nH]c3=O)[C@@H]3OC(C)(C)O[C@@H]32)cc1. The first kappa shape index (κ1) is 21.4. The van der Waals surface area contributed by atoms with E-state index < -0.39 is 41.6 Å². The molecule has 4 atom stereocenters. The highest BCUT2D eigenvalue weighted by atomic mass is 16.8. The Morgan fingerprint density at radius 1 is 1.13 bits per heavy atom. The van der Waals surface area contributed by atoms with Gasteiger partial charge in [0.25, 0.3) is 5.56 Å². The predicted octanol–water partition coefficient (Wildman–Crippen LogP) is 1.10. The number of hydrogen-bond acceptors (Lipinski definition) is 8. The molecule has 1 N–H and O–H groups in total. The molecule has 0 amide bonds. The molecular weight excluding hydrogens is 408 g/mol. The van der Waals surface area contributed by atoms with Gasteiger partial charge in [-0.1, -0.05) is 12.1 Å². The smallest absolute Gasteiger partial charge is 0.330 e. The molecule has 31 heavy (non-hydrogen) atoms. The topological polar surface area (TPSA) is 118 Å². The van der Waals surface area contributed by atoms with Crippen molar-refractivity contribution in [1.82, 2.24) is 9.55 Å². The highest BCUT2D eigenvalue weighted by molar-refractivity contribution is 5.69. The fourth-order valence-corrected chi connectivity index (χ4v) is 3.76. The van der Waals surface area contributed by atoms with Gasteiger partial charge < -0.3 is 23.7 Å². The van der Waals surface area contributed by atoms with Crippen LogP contribution in [-0.4, -0.2) is 46.2 Å². The fraction of sp³-hybridized carbons (Fsp3) is 0.476. The molecule has 10 heteroatoms. The molecule has 0 unspecified atom stereocenters. The zero-order chi connectivity index (χ0) is 22.2. The first-order chi connectivity index (χ1) is 14.7. The Labute approximate surface area is 177 Å². The molecule has 2 aromatic rings. The molecule has 4 rings (SSSR count). The van der Waals surface area contributed by atoms with E-state index in [9.17, 15) is 14.4 Å². The van der Waals surface area contributed by atoms with Crippen molar-refractivity contribution in [3.05, 3.63) is 62.9 Å². The summed E-state index contributed by atoms with van der Waals surface area (Å²) < 4.78 is 30.1. The predicted molar refractivity (Wildman–Crippen MR) is 106 cm³/mol. The van der Waals surface area contributed by atoms with Crippen molar-refractivity contribution < 1.29 is 28.5 Å². The summed E-state index contributed by atoms with van der Waals surface area (Å²) in [4.78, 5) is 36.9. The molecule has 166 valence electrons.